The molecule has 3 heterocycles. The largest absolute Gasteiger partial charge is 0.508 e. The van der Waals surface area contributed by atoms with Crippen LogP contribution in [-0.4, -0.2) is 46.5 Å². The molecule has 2 aromatic carbocycles. The van der Waals surface area contributed by atoms with E-state index in [4.69, 9.17) is 5.73 Å². The molecule has 33 heavy (non-hydrogen) atoms. The molecule has 0 radical (unpaired) electrons. The second-order valence-corrected chi connectivity index (χ2v) is 8.03. The van der Waals surface area contributed by atoms with E-state index in [0.717, 1.165) is 43.5 Å². The van der Waals surface area contributed by atoms with Crippen LogP contribution >= 0.6 is 0 Å². The van der Waals surface area contributed by atoms with Crippen LogP contribution < -0.4 is 16.0 Å². The Bertz CT molecular complexity index is 1420. The number of rotatable bonds is 3. The quantitative estimate of drug-likeness (QED) is 0.358. The van der Waals surface area contributed by atoms with Crippen LogP contribution in [0.1, 0.15) is 11.3 Å². The highest BCUT2D eigenvalue weighted by atomic mass is 19.1. The zero-order valence-electron chi connectivity index (χ0n) is 18.0. The number of nitrogens with zero attached hydrogens (tertiary/aromatic N) is 4. The van der Waals surface area contributed by atoms with E-state index in [-0.39, 0.29) is 22.6 Å². The van der Waals surface area contributed by atoms with Gasteiger partial charge >= 0.3 is 0 Å². The SMILES string of the molecule is Cc1n[nH]c2nc(-c3ccc(O)cc3F)c(C#N)c(-c3ccc(N4CCNCC4)c(N)c3)c12. The van der Waals surface area contributed by atoms with Crippen LogP contribution in [0.5, 0.6) is 5.75 Å². The molecule has 4 aromatic rings. The highest BCUT2D eigenvalue weighted by molar-refractivity contribution is 6.01. The first-order valence-electron chi connectivity index (χ1n) is 10.6. The third-order valence-corrected chi connectivity index (χ3v) is 5.98. The van der Waals surface area contributed by atoms with Crippen LogP contribution in [0.4, 0.5) is 15.8 Å². The van der Waals surface area contributed by atoms with Crippen LogP contribution in [0.15, 0.2) is 36.4 Å². The van der Waals surface area contributed by atoms with Crippen molar-refractivity contribution < 1.29 is 9.50 Å². The molecule has 0 bridgehead atoms. The zero-order chi connectivity index (χ0) is 23.1. The molecule has 1 aliphatic heterocycles. The third kappa shape index (κ3) is 3.50. The van der Waals surface area contributed by atoms with Crippen LogP contribution in [-0.2, 0) is 0 Å². The molecule has 8 nitrogen and oxygen atoms in total. The Balaban J connectivity index is 1.75. The van der Waals surface area contributed by atoms with Crippen LogP contribution in [0.3, 0.4) is 0 Å². The number of nitrogens with two attached hydrogens (primary N) is 1. The van der Waals surface area contributed by atoms with Crippen molar-refractivity contribution in [1.29, 1.82) is 5.26 Å². The van der Waals surface area contributed by atoms with Crippen molar-refractivity contribution in [3.8, 4) is 34.2 Å². The molecule has 1 aliphatic rings. The van der Waals surface area contributed by atoms with Gasteiger partial charge in [0, 0.05) is 43.4 Å². The fourth-order valence-electron chi connectivity index (χ4n) is 4.40. The summed E-state index contributed by atoms with van der Waals surface area (Å²) in [5.41, 5.74) is 10.9. The van der Waals surface area contributed by atoms with E-state index < -0.39 is 5.82 Å². The summed E-state index contributed by atoms with van der Waals surface area (Å²) < 4.78 is 14.7. The molecule has 1 fully saturated rings. The molecule has 1 saturated heterocycles. The predicted molar refractivity (Wildman–Crippen MR) is 125 cm³/mol. The molecule has 0 amide bonds. The van der Waals surface area contributed by atoms with E-state index in [2.05, 4.69) is 31.5 Å². The zero-order valence-corrected chi connectivity index (χ0v) is 18.0. The van der Waals surface area contributed by atoms with Gasteiger partial charge in [-0.3, -0.25) is 5.10 Å². The van der Waals surface area contributed by atoms with Gasteiger partial charge < -0.3 is 21.1 Å². The number of fused-ring (bicyclic) bond motifs is 1. The average molecular weight is 443 g/mol. The van der Waals surface area contributed by atoms with Crippen molar-refractivity contribution in [3.63, 3.8) is 0 Å². The van der Waals surface area contributed by atoms with Crippen LogP contribution in [0.2, 0.25) is 0 Å². The van der Waals surface area contributed by atoms with Crippen molar-refractivity contribution in [2.45, 2.75) is 6.92 Å². The summed E-state index contributed by atoms with van der Waals surface area (Å²) in [6.45, 7) is 5.32. The number of aromatic amines is 1. The van der Waals surface area contributed by atoms with Crippen molar-refractivity contribution >= 4 is 22.4 Å². The Kier molecular flexibility index (Phi) is 5.07. The summed E-state index contributed by atoms with van der Waals surface area (Å²) in [6, 6.07) is 11.7. The monoisotopic (exact) mass is 443 g/mol. The Labute approximate surface area is 189 Å². The molecular weight excluding hydrogens is 421 g/mol. The molecule has 2 aromatic heterocycles. The minimum Gasteiger partial charge on any atom is -0.508 e. The molecule has 0 spiro atoms. The van der Waals surface area contributed by atoms with Gasteiger partial charge in [0.1, 0.15) is 17.6 Å². The van der Waals surface area contributed by atoms with E-state index in [9.17, 15) is 14.8 Å². The minimum absolute atomic E-state index is 0.116. The number of nitrogen functional groups attached to an aromatic ring is 1. The van der Waals surface area contributed by atoms with Crippen molar-refractivity contribution in [1.82, 2.24) is 20.5 Å². The topological polar surface area (TPSA) is 127 Å². The van der Waals surface area contributed by atoms with E-state index in [1.165, 1.54) is 12.1 Å². The molecule has 0 atom stereocenters. The first-order chi connectivity index (χ1) is 16.0. The number of halogens is 1. The number of hydrogen-bond acceptors (Lipinski definition) is 7. The van der Waals surface area contributed by atoms with Crippen molar-refractivity contribution in [2.75, 3.05) is 36.8 Å². The summed E-state index contributed by atoms with van der Waals surface area (Å²) in [5, 5.41) is 30.9. The van der Waals surface area contributed by atoms with Gasteiger partial charge in [0.2, 0.25) is 0 Å². The third-order valence-electron chi connectivity index (χ3n) is 5.98. The summed E-state index contributed by atoms with van der Waals surface area (Å²) in [5.74, 6) is -0.876. The lowest BCUT2D eigenvalue weighted by atomic mass is 9.92. The fraction of sp³-hybridized carbons (Fsp3) is 0.208. The summed E-state index contributed by atoms with van der Waals surface area (Å²) >= 11 is 0. The molecule has 0 unspecified atom stereocenters. The number of phenols is 1. The van der Waals surface area contributed by atoms with E-state index in [1.54, 1.807) is 0 Å². The first-order valence-corrected chi connectivity index (χ1v) is 10.6. The van der Waals surface area contributed by atoms with E-state index in [0.29, 0.717) is 28.0 Å². The Morgan fingerprint density at radius 1 is 1.18 bits per heavy atom. The second-order valence-electron chi connectivity index (χ2n) is 8.03. The standard InChI is InChI=1S/C24H22FN7O/c1-13-21-22(14-2-5-20(19(27)10-14)32-8-6-28-7-9-32)17(12-26)23(29-24(21)31-30-13)16-4-3-15(33)11-18(16)25/h2-5,10-11,28,33H,6-9,27H2,1H3,(H,29,30,31). The van der Waals surface area contributed by atoms with E-state index >= 15 is 0 Å². The molecule has 5 rings (SSSR count). The van der Waals surface area contributed by atoms with Gasteiger partial charge in [-0.25, -0.2) is 9.37 Å². The number of hydrogen-bond donors (Lipinski definition) is 4. The highest BCUT2D eigenvalue weighted by Crippen LogP contribution is 2.40. The lowest BCUT2D eigenvalue weighted by Crippen LogP contribution is -2.43. The predicted octanol–water partition coefficient (Wildman–Crippen LogP) is 3.31. The number of anilines is 2. The average Bonchev–Trinajstić information content (AvgIpc) is 3.18. The van der Waals surface area contributed by atoms with Crippen molar-refractivity contribution in [2.24, 2.45) is 0 Å². The summed E-state index contributed by atoms with van der Waals surface area (Å²) in [6.07, 6.45) is 0. The smallest absolute Gasteiger partial charge is 0.156 e. The lowest BCUT2D eigenvalue weighted by molar-refractivity contribution is 0.469. The fourth-order valence-corrected chi connectivity index (χ4v) is 4.40. The molecule has 0 aliphatic carbocycles. The molecule has 5 N–H and O–H groups in total. The minimum atomic E-state index is -0.672. The number of benzene rings is 2. The van der Waals surface area contributed by atoms with Crippen molar-refractivity contribution in [3.05, 3.63) is 53.5 Å². The van der Waals surface area contributed by atoms with Gasteiger partial charge in [-0.1, -0.05) is 6.07 Å². The second kappa shape index (κ2) is 8.07. The Morgan fingerprint density at radius 3 is 2.67 bits per heavy atom. The summed E-state index contributed by atoms with van der Waals surface area (Å²) in [4.78, 5) is 6.74. The maximum atomic E-state index is 14.7. The number of nitriles is 1. The Hall–Kier alpha value is -4.16. The number of piperazine rings is 1. The highest BCUT2D eigenvalue weighted by Gasteiger charge is 2.23. The number of pyridine rings is 1. The number of H-pyrrole nitrogens is 1. The van der Waals surface area contributed by atoms with Crippen LogP contribution in [0, 0.1) is 24.1 Å². The number of aromatic hydroxyl groups is 1. The van der Waals surface area contributed by atoms with E-state index in [1.807, 2.05) is 25.1 Å². The van der Waals surface area contributed by atoms with Gasteiger partial charge in [0.05, 0.1) is 33.7 Å². The summed E-state index contributed by atoms with van der Waals surface area (Å²) in [7, 11) is 0. The van der Waals surface area contributed by atoms with Crippen LogP contribution in [0.25, 0.3) is 33.4 Å². The maximum Gasteiger partial charge on any atom is 0.156 e. The maximum absolute atomic E-state index is 14.7. The number of aromatic nitrogens is 3. The van der Waals surface area contributed by atoms with Gasteiger partial charge in [0.15, 0.2) is 5.65 Å². The van der Waals surface area contributed by atoms with Gasteiger partial charge in [-0.2, -0.15) is 10.4 Å². The molecule has 9 heteroatoms. The van der Waals surface area contributed by atoms with Gasteiger partial charge in [-0.15, -0.1) is 0 Å². The lowest BCUT2D eigenvalue weighted by Gasteiger charge is -2.30. The normalized spacial score (nSPS) is 13.9. The van der Waals surface area contributed by atoms with Gasteiger partial charge in [-0.05, 0) is 36.8 Å². The number of aryl methyl sites for hydroxylation is 1. The number of nitrogens with one attached hydrogen (secondary N) is 2. The van der Waals surface area contributed by atoms with Gasteiger partial charge in [0.25, 0.3) is 0 Å². The molecule has 0 saturated carbocycles. The number of phenolic OH excluding ortho intramolecular Hbond substituents is 1. The first kappa shape index (κ1) is 20.7. The molecular formula is C24H22FN7O. The Morgan fingerprint density at radius 2 is 1.97 bits per heavy atom. The molecule has 166 valence electrons.